The molecule has 0 aromatic carbocycles. The smallest absolute Gasteiger partial charge is 0.409 e. The molecular formula is C13H24N2O4. The summed E-state index contributed by atoms with van der Waals surface area (Å²) >= 11 is 0. The Hall–Kier alpha value is -1.30. The predicted molar refractivity (Wildman–Crippen MR) is 70.9 cm³/mol. The molecule has 110 valence electrons. The van der Waals surface area contributed by atoms with Crippen molar-refractivity contribution in [1.82, 2.24) is 9.80 Å². The average Bonchev–Trinajstić information content (AvgIpc) is 2.45. The molecule has 0 radical (unpaired) electrons. The van der Waals surface area contributed by atoms with E-state index in [1.807, 2.05) is 0 Å². The molecule has 1 fully saturated rings. The molecule has 0 atom stereocenters. The van der Waals surface area contributed by atoms with Gasteiger partial charge in [-0.2, -0.15) is 0 Å². The van der Waals surface area contributed by atoms with Crippen molar-refractivity contribution < 1.29 is 19.1 Å². The molecule has 1 heterocycles. The number of hydrogen-bond acceptors (Lipinski definition) is 4. The van der Waals surface area contributed by atoms with E-state index in [2.05, 4.69) is 6.92 Å². The quantitative estimate of drug-likeness (QED) is 0.679. The Morgan fingerprint density at radius 2 is 1.68 bits per heavy atom. The van der Waals surface area contributed by atoms with Crippen LogP contribution in [-0.2, 0) is 14.3 Å². The van der Waals surface area contributed by atoms with E-state index in [9.17, 15) is 9.59 Å². The van der Waals surface area contributed by atoms with Crippen LogP contribution in [0.3, 0.4) is 0 Å². The van der Waals surface area contributed by atoms with Gasteiger partial charge in [0.15, 0.2) is 0 Å². The lowest BCUT2D eigenvalue weighted by Crippen LogP contribution is -2.50. The van der Waals surface area contributed by atoms with Crippen molar-refractivity contribution in [2.24, 2.45) is 0 Å². The van der Waals surface area contributed by atoms with Gasteiger partial charge in [-0.1, -0.05) is 13.3 Å². The second kappa shape index (κ2) is 8.74. The molecule has 1 aliphatic rings. The van der Waals surface area contributed by atoms with Crippen LogP contribution >= 0.6 is 0 Å². The predicted octanol–water partition coefficient (Wildman–Crippen LogP) is 1.10. The average molecular weight is 272 g/mol. The fourth-order valence-electron chi connectivity index (χ4n) is 1.88. The van der Waals surface area contributed by atoms with Crippen LogP contribution in [0.1, 0.15) is 26.2 Å². The molecule has 0 unspecified atom stereocenters. The Balaban J connectivity index is 2.24. The van der Waals surface area contributed by atoms with E-state index in [-0.39, 0.29) is 12.0 Å². The van der Waals surface area contributed by atoms with Gasteiger partial charge in [-0.15, -0.1) is 0 Å². The van der Waals surface area contributed by atoms with Gasteiger partial charge in [-0.25, -0.2) is 4.79 Å². The van der Waals surface area contributed by atoms with Crippen LogP contribution in [0.4, 0.5) is 4.79 Å². The monoisotopic (exact) mass is 272 g/mol. The second-order valence-corrected chi connectivity index (χ2v) is 4.58. The van der Waals surface area contributed by atoms with Gasteiger partial charge in [0.25, 0.3) is 0 Å². The Morgan fingerprint density at radius 3 is 2.26 bits per heavy atom. The number of hydrogen-bond donors (Lipinski definition) is 0. The molecule has 0 aromatic rings. The Bertz CT molecular complexity index is 288. The summed E-state index contributed by atoms with van der Waals surface area (Å²) in [6, 6.07) is 0. The van der Waals surface area contributed by atoms with Crippen molar-refractivity contribution in [3.05, 3.63) is 0 Å². The Kier molecular flexibility index (Phi) is 7.25. The summed E-state index contributed by atoms with van der Waals surface area (Å²) in [5.74, 6) is 0.0841. The molecule has 0 spiro atoms. The minimum absolute atomic E-state index is 0.0841. The highest BCUT2D eigenvalue weighted by Gasteiger charge is 2.24. The van der Waals surface area contributed by atoms with Crippen LogP contribution in [0.15, 0.2) is 0 Å². The van der Waals surface area contributed by atoms with Crippen LogP contribution in [0.2, 0.25) is 0 Å². The third-order valence-corrected chi connectivity index (χ3v) is 3.13. The minimum atomic E-state index is -0.266. The van der Waals surface area contributed by atoms with Gasteiger partial charge in [-0.3, -0.25) is 4.79 Å². The van der Waals surface area contributed by atoms with E-state index >= 15 is 0 Å². The lowest BCUT2D eigenvalue weighted by Gasteiger charge is -2.34. The topological polar surface area (TPSA) is 59.1 Å². The van der Waals surface area contributed by atoms with E-state index in [0.29, 0.717) is 45.8 Å². The SMILES string of the molecule is CCCCOC(=O)N1CCN(C(=O)CCOC)CC1. The molecule has 1 aliphatic heterocycles. The maximum atomic E-state index is 11.8. The lowest BCUT2D eigenvalue weighted by molar-refractivity contribution is -0.133. The summed E-state index contributed by atoms with van der Waals surface area (Å²) in [5.41, 5.74) is 0. The number of nitrogens with zero attached hydrogens (tertiary/aromatic N) is 2. The number of carbonyl (C=O) groups excluding carboxylic acids is 2. The molecule has 0 saturated carbocycles. The molecule has 0 N–H and O–H groups in total. The molecule has 1 rings (SSSR count). The van der Waals surface area contributed by atoms with Crippen LogP contribution < -0.4 is 0 Å². The van der Waals surface area contributed by atoms with Crippen LogP contribution in [0, 0.1) is 0 Å². The number of unbranched alkanes of at least 4 members (excludes halogenated alkanes) is 1. The van der Waals surface area contributed by atoms with Crippen LogP contribution in [0.25, 0.3) is 0 Å². The Labute approximate surface area is 114 Å². The highest BCUT2D eigenvalue weighted by molar-refractivity contribution is 5.76. The van der Waals surface area contributed by atoms with E-state index in [1.54, 1.807) is 16.9 Å². The van der Waals surface area contributed by atoms with Gasteiger partial charge < -0.3 is 19.3 Å². The first kappa shape index (κ1) is 15.8. The third-order valence-electron chi connectivity index (χ3n) is 3.13. The summed E-state index contributed by atoms with van der Waals surface area (Å²) in [4.78, 5) is 26.9. The zero-order valence-corrected chi connectivity index (χ0v) is 11.9. The zero-order valence-electron chi connectivity index (χ0n) is 11.9. The maximum absolute atomic E-state index is 11.8. The number of piperazine rings is 1. The highest BCUT2D eigenvalue weighted by Crippen LogP contribution is 2.06. The van der Waals surface area contributed by atoms with Crippen molar-refractivity contribution in [2.45, 2.75) is 26.2 Å². The van der Waals surface area contributed by atoms with Crippen molar-refractivity contribution in [2.75, 3.05) is 46.5 Å². The molecule has 2 amide bonds. The largest absolute Gasteiger partial charge is 0.449 e. The van der Waals surface area contributed by atoms with Crippen LogP contribution in [-0.4, -0.2) is 68.3 Å². The van der Waals surface area contributed by atoms with Gasteiger partial charge in [0, 0.05) is 33.3 Å². The van der Waals surface area contributed by atoms with E-state index in [4.69, 9.17) is 9.47 Å². The minimum Gasteiger partial charge on any atom is -0.449 e. The first-order valence-corrected chi connectivity index (χ1v) is 6.87. The lowest BCUT2D eigenvalue weighted by atomic mass is 10.3. The van der Waals surface area contributed by atoms with Gasteiger partial charge in [0.2, 0.25) is 5.91 Å². The second-order valence-electron chi connectivity index (χ2n) is 4.58. The first-order valence-electron chi connectivity index (χ1n) is 6.87. The summed E-state index contributed by atoms with van der Waals surface area (Å²) in [7, 11) is 1.58. The normalized spacial score (nSPS) is 15.5. The van der Waals surface area contributed by atoms with Gasteiger partial charge in [-0.05, 0) is 6.42 Å². The first-order chi connectivity index (χ1) is 9.19. The molecule has 0 aromatic heterocycles. The van der Waals surface area contributed by atoms with Crippen molar-refractivity contribution in [3.8, 4) is 0 Å². The number of amides is 2. The van der Waals surface area contributed by atoms with Crippen molar-refractivity contribution in [1.29, 1.82) is 0 Å². The summed E-state index contributed by atoms with van der Waals surface area (Å²) < 4.78 is 10.0. The van der Waals surface area contributed by atoms with Gasteiger partial charge in [0.1, 0.15) is 0 Å². The fraction of sp³-hybridized carbons (Fsp3) is 0.846. The number of ether oxygens (including phenoxy) is 2. The third kappa shape index (κ3) is 5.46. The zero-order chi connectivity index (χ0) is 14.1. The van der Waals surface area contributed by atoms with E-state index < -0.39 is 0 Å². The summed E-state index contributed by atoms with van der Waals surface area (Å²) in [5, 5.41) is 0. The Morgan fingerprint density at radius 1 is 1.05 bits per heavy atom. The fourth-order valence-corrected chi connectivity index (χ4v) is 1.88. The molecule has 1 saturated heterocycles. The number of methoxy groups -OCH3 is 1. The number of rotatable bonds is 6. The molecule has 0 aliphatic carbocycles. The van der Waals surface area contributed by atoms with Gasteiger partial charge >= 0.3 is 6.09 Å². The van der Waals surface area contributed by atoms with Crippen LogP contribution in [0.5, 0.6) is 0 Å². The van der Waals surface area contributed by atoms with E-state index in [1.165, 1.54) is 0 Å². The molecule has 6 heteroatoms. The summed E-state index contributed by atoms with van der Waals surface area (Å²) in [6.07, 6.45) is 2.03. The maximum Gasteiger partial charge on any atom is 0.409 e. The molecule has 6 nitrogen and oxygen atoms in total. The molecule has 19 heavy (non-hydrogen) atoms. The molecular weight excluding hydrogens is 248 g/mol. The summed E-state index contributed by atoms with van der Waals surface area (Å²) in [6.45, 7) is 5.21. The van der Waals surface area contributed by atoms with Gasteiger partial charge in [0.05, 0.1) is 19.6 Å². The van der Waals surface area contributed by atoms with Crippen molar-refractivity contribution >= 4 is 12.0 Å². The van der Waals surface area contributed by atoms with E-state index in [0.717, 1.165) is 12.8 Å². The number of carbonyl (C=O) groups is 2. The highest BCUT2D eigenvalue weighted by atomic mass is 16.6. The van der Waals surface area contributed by atoms with Crippen molar-refractivity contribution in [3.63, 3.8) is 0 Å². The molecule has 0 bridgehead atoms. The standard InChI is InChI=1S/C13H24N2O4/c1-3-4-10-19-13(17)15-8-6-14(7-9-15)12(16)5-11-18-2/h3-11H2,1-2H3.